The molecular weight excluding hydrogens is 246 g/mol. The molecule has 1 unspecified atom stereocenters. The molecule has 0 saturated carbocycles. The van der Waals surface area contributed by atoms with Gasteiger partial charge in [-0.1, -0.05) is 18.0 Å². The van der Waals surface area contributed by atoms with Crippen molar-refractivity contribution in [3.63, 3.8) is 0 Å². The highest BCUT2D eigenvalue weighted by molar-refractivity contribution is 6.32. The molecule has 1 aromatic rings. The topological polar surface area (TPSA) is 35.2 Å². The van der Waals surface area contributed by atoms with E-state index < -0.39 is 0 Å². The molecule has 0 radical (unpaired) electrons. The van der Waals surface area contributed by atoms with E-state index in [1.807, 2.05) is 6.92 Å². The zero-order chi connectivity index (χ0) is 13.1. The second-order valence-electron chi connectivity index (χ2n) is 5.25. The lowest BCUT2D eigenvalue weighted by Gasteiger charge is -2.19. The minimum Gasteiger partial charge on any atom is -0.495 e. The fraction of sp³-hybridized carbons (Fsp3) is 0.600. The van der Waals surface area contributed by atoms with Gasteiger partial charge in [-0.05, 0) is 56.2 Å². The molecule has 3 heteroatoms. The summed E-state index contributed by atoms with van der Waals surface area (Å²) in [6.07, 6.45) is 6.91. The second-order valence-corrected chi connectivity index (χ2v) is 5.66. The molecule has 1 atom stereocenters. The zero-order valence-corrected chi connectivity index (χ0v) is 12.0. The summed E-state index contributed by atoms with van der Waals surface area (Å²) in [6.45, 7) is 2.03. The molecule has 0 spiro atoms. The van der Waals surface area contributed by atoms with E-state index in [0.717, 1.165) is 30.0 Å². The molecule has 0 saturated heterocycles. The van der Waals surface area contributed by atoms with Crippen LogP contribution in [0.15, 0.2) is 6.07 Å². The van der Waals surface area contributed by atoms with Crippen molar-refractivity contribution >= 4 is 11.6 Å². The Morgan fingerprint density at radius 3 is 2.72 bits per heavy atom. The van der Waals surface area contributed by atoms with Gasteiger partial charge in [-0.2, -0.15) is 0 Å². The maximum absolute atomic E-state index is 6.34. The first-order valence-corrected chi connectivity index (χ1v) is 7.14. The summed E-state index contributed by atoms with van der Waals surface area (Å²) in [6, 6.07) is 2.22. The highest BCUT2D eigenvalue weighted by Gasteiger charge is 2.20. The number of hydrogen-bond acceptors (Lipinski definition) is 2. The molecule has 2 rings (SSSR count). The van der Waals surface area contributed by atoms with Crippen LogP contribution in [0.4, 0.5) is 0 Å². The Morgan fingerprint density at radius 2 is 2.06 bits per heavy atom. The first-order valence-electron chi connectivity index (χ1n) is 6.76. The number of benzene rings is 1. The third kappa shape index (κ3) is 2.81. The number of aryl methyl sites for hydroxylation is 1. The summed E-state index contributed by atoms with van der Waals surface area (Å²) in [5.74, 6) is 0.828. The van der Waals surface area contributed by atoms with E-state index in [1.165, 1.54) is 36.0 Å². The van der Waals surface area contributed by atoms with E-state index in [2.05, 4.69) is 6.07 Å². The van der Waals surface area contributed by atoms with Gasteiger partial charge in [0.25, 0.3) is 0 Å². The monoisotopic (exact) mass is 267 g/mol. The Labute approximate surface area is 114 Å². The van der Waals surface area contributed by atoms with Crippen molar-refractivity contribution in [2.75, 3.05) is 7.11 Å². The van der Waals surface area contributed by atoms with Gasteiger partial charge < -0.3 is 10.5 Å². The Bertz CT molecular complexity index is 429. The predicted molar refractivity (Wildman–Crippen MR) is 76.6 cm³/mol. The number of methoxy groups -OCH3 is 1. The molecule has 100 valence electrons. The fourth-order valence-electron chi connectivity index (χ4n) is 2.87. The first kappa shape index (κ1) is 13.7. The van der Waals surface area contributed by atoms with Crippen molar-refractivity contribution in [1.82, 2.24) is 0 Å². The van der Waals surface area contributed by atoms with Crippen molar-refractivity contribution < 1.29 is 4.74 Å². The van der Waals surface area contributed by atoms with Gasteiger partial charge in [-0.3, -0.25) is 0 Å². The third-order valence-corrected chi connectivity index (χ3v) is 3.93. The van der Waals surface area contributed by atoms with Gasteiger partial charge in [0.15, 0.2) is 0 Å². The molecular formula is C15H22ClNO. The number of fused-ring (bicyclic) bond motifs is 1. The van der Waals surface area contributed by atoms with E-state index in [1.54, 1.807) is 7.11 Å². The van der Waals surface area contributed by atoms with E-state index in [0.29, 0.717) is 0 Å². The summed E-state index contributed by atoms with van der Waals surface area (Å²) in [7, 11) is 1.69. The zero-order valence-electron chi connectivity index (χ0n) is 11.3. The van der Waals surface area contributed by atoms with Crippen LogP contribution in [0.2, 0.25) is 5.02 Å². The van der Waals surface area contributed by atoms with Crippen molar-refractivity contribution in [2.45, 2.75) is 51.5 Å². The lowest BCUT2D eigenvalue weighted by atomic mass is 9.92. The lowest BCUT2D eigenvalue weighted by Crippen LogP contribution is -2.20. The average Bonchev–Trinajstić information content (AvgIpc) is 2.53. The summed E-state index contributed by atoms with van der Waals surface area (Å²) in [4.78, 5) is 0. The van der Waals surface area contributed by atoms with Crippen LogP contribution < -0.4 is 10.5 Å². The van der Waals surface area contributed by atoms with E-state index >= 15 is 0 Å². The van der Waals surface area contributed by atoms with Crippen molar-refractivity contribution in [2.24, 2.45) is 5.73 Å². The van der Waals surface area contributed by atoms with Gasteiger partial charge >= 0.3 is 0 Å². The van der Waals surface area contributed by atoms with Gasteiger partial charge in [-0.25, -0.2) is 0 Å². The first-order chi connectivity index (χ1) is 8.63. The molecule has 0 heterocycles. The second kappa shape index (κ2) is 5.94. The van der Waals surface area contributed by atoms with E-state index in [4.69, 9.17) is 22.1 Å². The summed E-state index contributed by atoms with van der Waals surface area (Å²) >= 11 is 6.34. The molecule has 0 bridgehead atoms. The van der Waals surface area contributed by atoms with Crippen LogP contribution in [0, 0.1) is 0 Å². The van der Waals surface area contributed by atoms with Crippen LogP contribution in [-0.2, 0) is 19.3 Å². The van der Waals surface area contributed by atoms with E-state index in [-0.39, 0.29) is 6.04 Å². The molecule has 0 aromatic heterocycles. The minimum atomic E-state index is 0.129. The maximum Gasteiger partial charge on any atom is 0.140 e. The maximum atomic E-state index is 6.34. The number of nitrogens with two attached hydrogens (primary N) is 1. The summed E-state index contributed by atoms with van der Waals surface area (Å²) < 4.78 is 5.50. The third-order valence-electron chi connectivity index (χ3n) is 3.65. The van der Waals surface area contributed by atoms with Crippen LogP contribution in [0.5, 0.6) is 5.75 Å². The highest BCUT2D eigenvalue weighted by atomic mass is 35.5. The Balaban J connectivity index is 2.53. The van der Waals surface area contributed by atoms with Crippen LogP contribution in [0.1, 0.15) is 42.9 Å². The van der Waals surface area contributed by atoms with Crippen molar-refractivity contribution in [3.05, 3.63) is 27.8 Å². The van der Waals surface area contributed by atoms with Crippen LogP contribution in [0.25, 0.3) is 0 Å². The standard InChI is InChI=1S/C15H22ClNO/c1-10(17)8-13-12-7-5-3-4-6-11(12)9-14(16)15(13)18-2/h9-10H,3-8,17H2,1-2H3. The number of rotatable bonds is 3. The molecule has 0 aliphatic heterocycles. The molecule has 2 nitrogen and oxygen atoms in total. The molecule has 2 N–H and O–H groups in total. The minimum absolute atomic E-state index is 0.129. The van der Waals surface area contributed by atoms with Crippen LogP contribution >= 0.6 is 11.6 Å². The molecule has 18 heavy (non-hydrogen) atoms. The normalized spacial score (nSPS) is 16.9. The van der Waals surface area contributed by atoms with Crippen LogP contribution in [-0.4, -0.2) is 13.2 Å². The number of hydrogen-bond donors (Lipinski definition) is 1. The smallest absolute Gasteiger partial charge is 0.140 e. The van der Waals surface area contributed by atoms with Gasteiger partial charge in [0.2, 0.25) is 0 Å². The molecule has 0 fully saturated rings. The van der Waals surface area contributed by atoms with Crippen LogP contribution in [0.3, 0.4) is 0 Å². The lowest BCUT2D eigenvalue weighted by molar-refractivity contribution is 0.407. The fourth-order valence-corrected chi connectivity index (χ4v) is 3.19. The Kier molecular flexibility index (Phi) is 4.52. The van der Waals surface area contributed by atoms with Crippen molar-refractivity contribution in [1.29, 1.82) is 0 Å². The Morgan fingerprint density at radius 1 is 1.33 bits per heavy atom. The Hall–Kier alpha value is -0.730. The molecule has 0 amide bonds. The van der Waals surface area contributed by atoms with Gasteiger partial charge in [0.05, 0.1) is 12.1 Å². The molecule has 1 aliphatic carbocycles. The van der Waals surface area contributed by atoms with Gasteiger partial charge in [0.1, 0.15) is 5.75 Å². The van der Waals surface area contributed by atoms with Gasteiger partial charge in [0, 0.05) is 11.6 Å². The predicted octanol–water partition coefficient (Wildman–Crippen LogP) is 3.51. The highest BCUT2D eigenvalue weighted by Crippen LogP contribution is 2.37. The average molecular weight is 268 g/mol. The van der Waals surface area contributed by atoms with Crippen molar-refractivity contribution in [3.8, 4) is 5.75 Å². The van der Waals surface area contributed by atoms with Gasteiger partial charge in [-0.15, -0.1) is 0 Å². The number of halogens is 1. The quantitative estimate of drug-likeness (QED) is 0.851. The molecule has 1 aliphatic rings. The largest absolute Gasteiger partial charge is 0.495 e. The SMILES string of the molecule is COc1c(Cl)cc2c(c1CC(C)N)CCCCC2. The van der Waals surface area contributed by atoms with E-state index in [9.17, 15) is 0 Å². The summed E-state index contributed by atoms with van der Waals surface area (Å²) in [5.41, 5.74) is 10.0. The summed E-state index contributed by atoms with van der Waals surface area (Å²) in [5, 5.41) is 0.730. The molecule has 1 aromatic carbocycles. The number of ether oxygens (including phenoxy) is 1.